The van der Waals surface area contributed by atoms with Crippen molar-refractivity contribution in [2.75, 3.05) is 0 Å². The van der Waals surface area contributed by atoms with Crippen LogP contribution in [-0.2, 0) is 78.3 Å². The van der Waals surface area contributed by atoms with Gasteiger partial charge in [-0.15, -0.1) is 5.10 Å². The van der Waals surface area contributed by atoms with Crippen molar-refractivity contribution >= 4 is 39.0 Å². The molecule has 4 heterocycles. The van der Waals surface area contributed by atoms with Gasteiger partial charge in [0.25, 0.3) is 0 Å². The Hall–Kier alpha value is -2.32. The van der Waals surface area contributed by atoms with Crippen LogP contribution in [0.5, 0.6) is 0 Å². The van der Waals surface area contributed by atoms with E-state index in [9.17, 15) is 0 Å². The maximum Gasteiger partial charge on any atom is 0.159 e. The number of nitrogens with two attached hydrogens (primary N) is 1. The molecule has 0 aliphatic rings. The van der Waals surface area contributed by atoms with E-state index in [1.165, 1.54) is 0 Å². The number of aromatic nitrogens is 6. The number of hydrogen-bond acceptors (Lipinski definition) is 6. The first-order chi connectivity index (χ1) is 17.7. The zero-order valence-corrected chi connectivity index (χ0v) is 27.4. The average molecular weight is 685 g/mol. The van der Waals surface area contributed by atoms with Gasteiger partial charge in [-0.3, -0.25) is 15.1 Å². The maximum absolute atomic E-state index is 7.76. The summed E-state index contributed by atoms with van der Waals surface area (Å²) in [7, 11) is 0. The molecule has 2 aromatic carbocycles. The number of nitrogens with one attached hydrogen (secondary N) is 1. The van der Waals surface area contributed by atoms with Gasteiger partial charge in [0.05, 0.1) is 11.4 Å². The summed E-state index contributed by atoms with van der Waals surface area (Å²) in [4.78, 5) is 8.00. The molecule has 0 fully saturated rings. The van der Waals surface area contributed by atoms with E-state index in [1.807, 2.05) is 72.8 Å². The van der Waals surface area contributed by atoms with Gasteiger partial charge in [-0.1, -0.05) is 60.1 Å². The van der Waals surface area contributed by atoms with Gasteiger partial charge in [-0.05, 0) is 46.6 Å². The molecule has 0 saturated carbocycles. The molecule has 0 aliphatic carbocycles. The largest absolute Gasteiger partial charge is 0.693 e. The Morgan fingerprint density at radius 3 is 1.46 bits per heavy atom. The van der Waals surface area contributed by atoms with Crippen LogP contribution in [0.25, 0.3) is 33.4 Å². The quantitative estimate of drug-likeness (QED) is 0.192. The van der Waals surface area contributed by atoms with E-state index in [2.05, 4.69) is 30.4 Å². The third kappa shape index (κ3) is 8.33. The molecule has 4 aromatic heterocycles. The first-order valence-corrected chi connectivity index (χ1v) is 11.7. The molecule has 0 saturated heterocycles. The van der Waals surface area contributed by atoms with Crippen molar-refractivity contribution in [2.24, 2.45) is 0 Å². The van der Waals surface area contributed by atoms with Crippen LogP contribution >= 0.6 is 11.6 Å². The van der Waals surface area contributed by atoms with Gasteiger partial charge >= 0.3 is 0 Å². The molecule has 0 atom stereocenters. The van der Waals surface area contributed by atoms with Crippen LogP contribution in [0.4, 0.5) is 5.82 Å². The van der Waals surface area contributed by atoms with Gasteiger partial charge in [0, 0.05) is 119 Å². The second-order valence-electron chi connectivity index (χ2n) is 8.09. The topological polar surface area (TPSA) is 135 Å². The third-order valence-corrected chi connectivity index (χ3v) is 6.00. The number of fused-ring (bicyclic) bond motifs is 2. The number of pyridine rings is 2. The zero-order chi connectivity index (χ0) is 24.7. The average Bonchev–Trinajstić information content (AvgIpc) is 2.94. The van der Waals surface area contributed by atoms with E-state index in [1.54, 1.807) is 24.8 Å². The fraction of sp³-hybridized carbons (Fsp3) is 0.0714. The van der Waals surface area contributed by atoms with Crippen LogP contribution < -0.4 is 0 Å². The second-order valence-corrected chi connectivity index (χ2v) is 8.45. The predicted octanol–water partition coefficient (Wildman–Crippen LogP) is 7.28. The smallest absolute Gasteiger partial charge is 0.159 e. The summed E-state index contributed by atoms with van der Waals surface area (Å²) >= 11 is 6.05. The van der Waals surface area contributed by atoms with Gasteiger partial charge in [0.2, 0.25) is 0 Å². The summed E-state index contributed by atoms with van der Waals surface area (Å²) in [6, 6.07) is 23.6. The Balaban J connectivity index is 0.000000254. The Kier molecular flexibility index (Phi) is 13.5. The fourth-order valence-corrected chi connectivity index (χ4v) is 4.14. The van der Waals surface area contributed by atoms with Crippen molar-refractivity contribution in [3.05, 3.63) is 137 Å². The van der Waals surface area contributed by atoms with Crippen LogP contribution in [0.15, 0.2) is 97.6 Å². The number of hydrogen-bond donors (Lipinski definition) is 0. The van der Waals surface area contributed by atoms with Crippen molar-refractivity contribution in [2.45, 2.75) is 12.8 Å². The van der Waals surface area contributed by atoms with Gasteiger partial charge in [-0.25, -0.2) is 0 Å². The molecule has 8 nitrogen and oxygen atoms in total. The summed E-state index contributed by atoms with van der Waals surface area (Å²) in [6.45, 7) is 0. The van der Waals surface area contributed by atoms with Crippen LogP contribution in [0.3, 0.4) is 0 Å². The number of rotatable bonds is 4. The van der Waals surface area contributed by atoms with Crippen LogP contribution in [0.1, 0.15) is 22.5 Å². The molecule has 0 aliphatic heterocycles. The van der Waals surface area contributed by atoms with Gasteiger partial charge in [0.1, 0.15) is 0 Å². The molecule has 3 N–H and O–H groups in total. The van der Waals surface area contributed by atoms with Crippen LogP contribution in [0.2, 0.25) is 5.15 Å². The number of halogens is 1. The summed E-state index contributed by atoms with van der Waals surface area (Å²) in [6.07, 6.45) is 8.53. The molecule has 0 unspecified atom stereocenters. The van der Waals surface area contributed by atoms with E-state index >= 15 is 0 Å². The first-order valence-electron chi connectivity index (χ1n) is 11.3. The SMILES string of the molecule is Clc1nnc(Cc2ccncc2)c2ccccc12.[NH-]c1nnc(Cc2ccncc2)c2ccccc12.[NH2-].[Y].[Y]. The minimum Gasteiger partial charge on any atom is -0.693 e. The molecular weight excluding hydrogens is 662 g/mol. The van der Waals surface area contributed by atoms with Crippen LogP contribution in [0, 0.1) is 0 Å². The van der Waals surface area contributed by atoms with E-state index in [-0.39, 0.29) is 77.4 Å². The Morgan fingerprint density at radius 2 is 0.949 bits per heavy atom. The molecular formula is C28H23ClN8Y2-2. The monoisotopic (exact) mass is 684 g/mol. The molecule has 39 heavy (non-hydrogen) atoms. The standard InChI is InChI=1S/C14H10ClN3.C14H11N4.H2N.2Y/c2*15-14-12-4-2-1-3-11(12)13(17-18-14)9-10-5-7-16-8-6-10;;;/h1-8H,9H2;1-8H,9H2,(H-,15,18);1H2;;/q;2*-1;;. The molecule has 6 aromatic rings. The maximum atomic E-state index is 7.76. The zero-order valence-electron chi connectivity index (χ0n) is 20.9. The van der Waals surface area contributed by atoms with Crippen LogP contribution in [-0.4, -0.2) is 30.4 Å². The summed E-state index contributed by atoms with van der Waals surface area (Å²) in [5, 5.41) is 20.5. The molecule has 2 radical (unpaired) electrons. The summed E-state index contributed by atoms with van der Waals surface area (Å²) in [5.74, 6) is 0.226. The van der Waals surface area contributed by atoms with E-state index in [4.69, 9.17) is 17.3 Å². The van der Waals surface area contributed by atoms with E-state index in [0.717, 1.165) is 50.5 Å². The molecule has 0 amide bonds. The van der Waals surface area contributed by atoms with Crippen molar-refractivity contribution in [1.82, 2.24) is 30.4 Å². The summed E-state index contributed by atoms with van der Waals surface area (Å²) in [5.41, 5.74) is 11.9. The number of benzene rings is 2. The normalized spacial score (nSPS) is 9.87. The van der Waals surface area contributed by atoms with Crippen molar-refractivity contribution in [1.29, 1.82) is 0 Å². The van der Waals surface area contributed by atoms with Gasteiger partial charge in [0.15, 0.2) is 5.15 Å². The second kappa shape index (κ2) is 16.1. The molecule has 190 valence electrons. The Bertz CT molecular complexity index is 1500. The Labute approximate surface area is 282 Å². The van der Waals surface area contributed by atoms with Crippen molar-refractivity contribution in [3.8, 4) is 0 Å². The molecule has 0 spiro atoms. The molecule has 11 heteroatoms. The van der Waals surface area contributed by atoms with E-state index < -0.39 is 0 Å². The minimum absolute atomic E-state index is 0. The fourth-order valence-electron chi connectivity index (χ4n) is 3.94. The van der Waals surface area contributed by atoms with Gasteiger partial charge in [-0.2, -0.15) is 5.10 Å². The minimum atomic E-state index is 0. The predicted molar refractivity (Wildman–Crippen MR) is 147 cm³/mol. The molecule has 6 rings (SSSR count). The molecule has 0 bridgehead atoms. The van der Waals surface area contributed by atoms with Gasteiger partial charge < -0.3 is 17.0 Å². The third-order valence-electron chi connectivity index (χ3n) is 5.72. The summed E-state index contributed by atoms with van der Waals surface area (Å²) < 4.78 is 0. The van der Waals surface area contributed by atoms with Crippen molar-refractivity contribution < 1.29 is 65.4 Å². The van der Waals surface area contributed by atoms with Crippen molar-refractivity contribution in [3.63, 3.8) is 0 Å². The first kappa shape index (κ1) is 32.9. The Morgan fingerprint density at radius 1 is 0.538 bits per heavy atom. The van der Waals surface area contributed by atoms with E-state index in [0.29, 0.717) is 11.6 Å². The number of nitrogens with zero attached hydrogens (tertiary/aromatic N) is 6.